The molecule has 0 unspecified atom stereocenters. The van der Waals surface area contributed by atoms with Gasteiger partial charge in [-0.3, -0.25) is 0 Å². The molecule has 2 aromatic heterocycles. The fourth-order valence-electron chi connectivity index (χ4n) is 1.90. The monoisotopic (exact) mass is 289 g/mol. The SMILES string of the molecule is COc1ccc2nc(Cl)nc(Nc3cn(C)cn3)c2c1. The summed E-state index contributed by atoms with van der Waals surface area (Å²) in [4.78, 5) is 12.6. The highest BCUT2D eigenvalue weighted by atomic mass is 35.5. The van der Waals surface area contributed by atoms with Crippen molar-refractivity contribution in [3.63, 3.8) is 0 Å². The minimum Gasteiger partial charge on any atom is -0.497 e. The van der Waals surface area contributed by atoms with Gasteiger partial charge in [0.25, 0.3) is 0 Å². The van der Waals surface area contributed by atoms with Crippen LogP contribution in [0, 0.1) is 0 Å². The fourth-order valence-corrected chi connectivity index (χ4v) is 2.08. The lowest BCUT2D eigenvalue weighted by molar-refractivity contribution is 0.415. The van der Waals surface area contributed by atoms with Crippen LogP contribution in [0.2, 0.25) is 5.28 Å². The van der Waals surface area contributed by atoms with E-state index in [-0.39, 0.29) is 5.28 Å². The highest BCUT2D eigenvalue weighted by Crippen LogP contribution is 2.27. The van der Waals surface area contributed by atoms with Gasteiger partial charge in [0, 0.05) is 18.6 Å². The Labute approximate surface area is 120 Å². The van der Waals surface area contributed by atoms with Gasteiger partial charge >= 0.3 is 0 Å². The van der Waals surface area contributed by atoms with Crippen LogP contribution in [0.25, 0.3) is 10.9 Å². The summed E-state index contributed by atoms with van der Waals surface area (Å²) in [5, 5.41) is 4.14. The van der Waals surface area contributed by atoms with Crippen LogP contribution in [0.15, 0.2) is 30.7 Å². The van der Waals surface area contributed by atoms with Gasteiger partial charge in [0.05, 0.1) is 19.0 Å². The number of methoxy groups -OCH3 is 1. The van der Waals surface area contributed by atoms with Crippen molar-refractivity contribution in [1.82, 2.24) is 19.5 Å². The number of nitrogens with one attached hydrogen (secondary N) is 1. The van der Waals surface area contributed by atoms with Crippen LogP contribution in [0.3, 0.4) is 0 Å². The lowest BCUT2D eigenvalue weighted by Crippen LogP contribution is -1.98. The van der Waals surface area contributed by atoms with E-state index < -0.39 is 0 Å². The van der Waals surface area contributed by atoms with Crippen LogP contribution < -0.4 is 10.1 Å². The number of aromatic nitrogens is 4. The van der Waals surface area contributed by atoms with E-state index in [2.05, 4.69) is 20.3 Å². The van der Waals surface area contributed by atoms with E-state index in [4.69, 9.17) is 16.3 Å². The first kappa shape index (κ1) is 12.7. The normalized spacial score (nSPS) is 10.8. The van der Waals surface area contributed by atoms with Crippen molar-refractivity contribution in [1.29, 1.82) is 0 Å². The smallest absolute Gasteiger partial charge is 0.224 e. The van der Waals surface area contributed by atoms with Crippen LogP contribution in [0.5, 0.6) is 5.75 Å². The third-order valence-electron chi connectivity index (χ3n) is 2.83. The standard InChI is InChI=1S/C13H12ClN5O/c1-19-6-11(15-7-19)17-12-9-5-8(20-2)3-4-10(9)16-13(14)18-12/h3-7H,1-2H3,(H,16,17,18). The van der Waals surface area contributed by atoms with Gasteiger partial charge in [0.1, 0.15) is 17.4 Å². The molecule has 0 radical (unpaired) electrons. The van der Waals surface area contributed by atoms with E-state index >= 15 is 0 Å². The van der Waals surface area contributed by atoms with Gasteiger partial charge in [0.2, 0.25) is 5.28 Å². The van der Waals surface area contributed by atoms with Crippen LogP contribution in [-0.2, 0) is 7.05 Å². The van der Waals surface area contributed by atoms with Crippen molar-refractivity contribution in [2.45, 2.75) is 0 Å². The van der Waals surface area contributed by atoms with E-state index in [9.17, 15) is 0 Å². The Morgan fingerprint density at radius 2 is 2.15 bits per heavy atom. The van der Waals surface area contributed by atoms with Crippen molar-refractivity contribution < 1.29 is 4.74 Å². The molecular formula is C13H12ClN5O. The second kappa shape index (κ2) is 4.97. The average molecular weight is 290 g/mol. The van der Waals surface area contributed by atoms with E-state index in [1.807, 2.05) is 36.0 Å². The number of halogens is 1. The topological polar surface area (TPSA) is 64.9 Å². The van der Waals surface area contributed by atoms with Gasteiger partial charge in [-0.2, -0.15) is 4.98 Å². The highest BCUT2D eigenvalue weighted by molar-refractivity contribution is 6.28. The molecule has 0 aliphatic rings. The maximum absolute atomic E-state index is 5.95. The van der Waals surface area contributed by atoms with E-state index in [1.54, 1.807) is 13.4 Å². The van der Waals surface area contributed by atoms with Gasteiger partial charge < -0.3 is 14.6 Å². The predicted octanol–water partition coefficient (Wildman–Crippen LogP) is 2.77. The van der Waals surface area contributed by atoms with Crippen molar-refractivity contribution >= 4 is 34.1 Å². The Balaban J connectivity index is 2.12. The fraction of sp³-hybridized carbons (Fsp3) is 0.154. The zero-order valence-electron chi connectivity index (χ0n) is 11.0. The number of ether oxygens (including phenoxy) is 1. The number of hydrogen-bond donors (Lipinski definition) is 1. The largest absolute Gasteiger partial charge is 0.497 e. The maximum Gasteiger partial charge on any atom is 0.224 e. The molecule has 0 amide bonds. The first-order chi connectivity index (χ1) is 9.65. The molecule has 1 N–H and O–H groups in total. The van der Waals surface area contributed by atoms with Crippen LogP contribution in [0.1, 0.15) is 0 Å². The molecule has 102 valence electrons. The average Bonchev–Trinajstić information content (AvgIpc) is 2.83. The maximum atomic E-state index is 5.95. The molecule has 3 rings (SSSR count). The van der Waals surface area contributed by atoms with Crippen LogP contribution >= 0.6 is 11.6 Å². The summed E-state index contributed by atoms with van der Waals surface area (Å²) in [5.41, 5.74) is 0.740. The second-order valence-electron chi connectivity index (χ2n) is 4.27. The summed E-state index contributed by atoms with van der Waals surface area (Å²) in [6.45, 7) is 0. The van der Waals surface area contributed by atoms with E-state index in [0.29, 0.717) is 11.6 Å². The summed E-state index contributed by atoms with van der Waals surface area (Å²) in [7, 11) is 3.51. The molecule has 0 bridgehead atoms. The number of fused-ring (bicyclic) bond motifs is 1. The molecule has 0 saturated carbocycles. The molecule has 7 heteroatoms. The number of anilines is 2. The number of aryl methyl sites for hydroxylation is 1. The van der Waals surface area contributed by atoms with Gasteiger partial charge in [0.15, 0.2) is 0 Å². The molecule has 0 saturated heterocycles. The van der Waals surface area contributed by atoms with E-state index in [0.717, 1.165) is 16.7 Å². The molecule has 2 heterocycles. The first-order valence-electron chi connectivity index (χ1n) is 5.92. The summed E-state index contributed by atoms with van der Waals surface area (Å²) >= 11 is 5.95. The number of hydrogen-bond acceptors (Lipinski definition) is 5. The minimum atomic E-state index is 0.182. The van der Waals surface area contributed by atoms with Gasteiger partial charge in [-0.25, -0.2) is 9.97 Å². The van der Waals surface area contributed by atoms with Crippen LogP contribution in [-0.4, -0.2) is 26.6 Å². The molecule has 6 nitrogen and oxygen atoms in total. The lowest BCUT2D eigenvalue weighted by Gasteiger charge is -2.08. The van der Waals surface area contributed by atoms with Gasteiger partial charge in [-0.15, -0.1) is 0 Å². The van der Waals surface area contributed by atoms with Crippen molar-refractivity contribution in [3.05, 3.63) is 36.0 Å². The third-order valence-corrected chi connectivity index (χ3v) is 3.00. The number of rotatable bonds is 3. The van der Waals surface area contributed by atoms with Crippen molar-refractivity contribution in [2.24, 2.45) is 7.05 Å². The van der Waals surface area contributed by atoms with E-state index in [1.165, 1.54) is 0 Å². The molecule has 0 aliphatic carbocycles. The highest BCUT2D eigenvalue weighted by Gasteiger charge is 2.09. The molecular weight excluding hydrogens is 278 g/mol. The molecule has 3 aromatic rings. The Kier molecular flexibility index (Phi) is 3.15. The summed E-state index contributed by atoms with van der Waals surface area (Å²) in [6.07, 6.45) is 3.55. The second-order valence-corrected chi connectivity index (χ2v) is 4.61. The summed E-state index contributed by atoms with van der Waals surface area (Å²) in [6, 6.07) is 5.53. The first-order valence-corrected chi connectivity index (χ1v) is 6.30. The molecule has 0 fully saturated rings. The molecule has 1 aromatic carbocycles. The zero-order chi connectivity index (χ0) is 14.1. The number of imidazole rings is 1. The van der Waals surface area contributed by atoms with Crippen molar-refractivity contribution in [2.75, 3.05) is 12.4 Å². The van der Waals surface area contributed by atoms with Gasteiger partial charge in [-0.05, 0) is 29.8 Å². The number of benzene rings is 1. The van der Waals surface area contributed by atoms with Crippen molar-refractivity contribution in [3.8, 4) is 5.75 Å². The molecule has 0 aliphatic heterocycles. The minimum absolute atomic E-state index is 0.182. The quantitative estimate of drug-likeness (QED) is 0.751. The molecule has 20 heavy (non-hydrogen) atoms. The third kappa shape index (κ3) is 2.37. The molecule has 0 atom stereocenters. The Morgan fingerprint density at radius 1 is 1.30 bits per heavy atom. The zero-order valence-corrected chi connectivity index (χ0v) is 11.7. The Hall–Kier alpha value is -2.34. The van der Waals surface area contributed by atoms with Gasteiger partial charge in [-0.1, -0.05) is 0 Å². The summed E-state index contributed by atoms with van der Waals surface area (Å²) < 4.78 is 7.07. The number of nitrogens with zero attached hydrogens (tertiary/aromatic N) is 4. The Morgan fingerprint density at radius 3 is 2.85 bits per heavy atom. The predicted molar refractivity (Wildman–Crippen MR) is 77.6 cm³/mol. The molecule has 0 spiro atoms. The Bertz CT molecular complexity index is 771. The van der Waals surface area contributed by atoms with Crippen LogP contribution in [0.4, 0.5) is 11.6 Å². The summed E-state index contributed by atoms with van der Waals surface area (Å²) in [5.74, 6) is 2.01. The lowest BCUT2D eigenvalue weighted by atomic mass is 10.2.